The van der Waals surface area contributed by atoms with Gasteiger partial charge in [0.2, 0.25) is 5.60 Å². The largest absolute Gasteiger partial charge is 0.463 e. The van der Waals surface area contributed by atoms with Gasteiger partial charge in [-0.15, -0.1) is 0 Å². The molecule has 0 N–H and O–H groups in total. The molecule has 0 aliphatic carbocycles. The minimum atomic E-state index is -1.48. The lowest BCUT2D eigenvalue weighted by Gasteiger charge is -2.21. The number of ketones is 1. The smallest absolute Gasteiger partial charge is 0.347 e. The molecule has 76 valence electrons. The average Bonchev–Trinajstić information content (AvgIpc) is 2.04. The number of esters is 1. The van der Waals surface area contributed by atoms with E-state index in [4.69, 9.17) is 8.92 Å². The Labute approximate surface area is 93.5 Å². The Morgan fingerprint density at radius 1 is 1.54 bits per heavy atom. The van der Waals surface area contributed by atoms with Gasteiger partial charge in [-0.25, -0.2) is 4.79 Å². The van der Waals surface area contributed by atoms with Crippen molar-refractivity contribution in [3.8, 4) is 0 Å². The molecule has 6 heteroatoms. The highest BCUT2D eigenvalue weighted by Crippen LogP contribution is 2.25. The van der Waals surface area contributed by atoms with Gasteiger partial charge in [-0.05, 0) is 20.8 Å². The molecule has 1 unspecified atom stereocenters. The second-order valence-electron chi connectivity index (χ2n) is 2.46. The summed E-state index contributed by atoms with van der Waals surface area (Å²) in [6.07, 6.45) is 0. The van der Waals surface area contributed by atoms with E-state index >= 15 is 0 Å². The summed E-state index contributed by atoms with van der Waals surface area (Å²) in [6, 6.07) is 0. The van der Waals surface area contributed by atoms with Gasteiger partial charge < -0.3 is 4.74 Å². The lowest BCUT2D eigenvalue weighted by Crippen LogP contribution is -2.44. The second-order valence-corrected chi connectivity index (χ2v) is 3.83. The van der Waals surface area contributed by atoms with Crippen LogP contribution in [-0.4, -0.2) is 24.0 Å². The minimum Gasteiger partial charge on any atom is -0.463 e. The molecule has 0 amide bonds. The summed E-state index contributed by atoms with van der Waals surface area (Å²) in [5, 5.41) is 0. The number of carbonyl (C=O) groups excluding carboxylic acids is 2. The number of rotatable bonds is 5. The normalized spacial score (nSPS) is 14.8. The fourth-order valence-corrected chi connectivity index (χ4v) is 1.96. The van der Waals surface area contributed by atoms with E-state index < -0.39 is 11.6 Å². The molecule has 4 nitrogen and oxygen atoms in total. The maximum Gasteiger partial charge on any atom is 0.347 e. The Morgan fingerprint density at radius 2 is 2.08 bits per heavy atom. The SMILES string of the molecule is CCOC(=O)C(C)(OSI)C(C)=O. The van der Waals surface area contributed by atoms with Gasteiger partial charge in [0.1, 0.15) is 0 Å². The van der Waals surface area contributed by atoms with Crippen molar-refractivity contribution >= 4 is 42.2 Å². The van der Waals surface area contributed by atoms with E-state index in [9.17, 15) is 9.59 Å². The van der Waals surface area contributed by atoms with Crippen molar-refractivity contribution in [1.29, 1.82) is 0 Å². The standard InChI is InChI=1S/C7H11IO4S/c1-4-11-6(10)7(3,5(2)9)12-13-8/h4H2,1-3H3. The molecular formula is C7H11IO4S. The summed E-state index contributed by atoms with van der Waals surface area (Å²) in [6.45, 7) is 4.61. The molecule has 0 aliphatic heterocycles. The molecule has 0 saturated heterocycles. The molecule has 0 bridgehead atoms. The van der Waals surface area contributed by atoms with Crippen LogP contribution < -0.4 is 0 Å². The van der Waals surface area contributed by atoms with Crippen molar-refractivity contribution in [2.45, 2.75) is 26.4 Å². The Balaban J connectivity index is 4.57. The summed E-state index contributed by atoms with van der Waals surface area (Å²) >= 11 is 1.84. The Hall–Kier alpha value is 0.180. The van der Waals surface area contributed by atoms with Gasteiger partial charge >= 0.3 is 5.97 Å². The minimum absolute atomic E-state index is 0.233. The number of hydrogen-bond donors (Lipinski definition) is 0. The number of hydrogen-bond acceptors (Lipinski definition) is 5. The molecule has 0 aromatic carbocycles. The zero-order valence-electron chi connectivity index (χ0n) is 7.63. The molecule has 0 aliphatic rings. The van der Waals surface area contributed by atoms with E-state index in [2.05, 4.69) is 0 Å². The topological polar surface area (TPSA) is 52.6 Å². The highest BCUT2D eigenvalue weighted by Gasteiger charge is 2.41. The van der Waals surface area contributed by atoms with Gasteiger partial charge in [-0.1, -0.05) is 0 Å². The predicted molar refractivity (Wildman–Crippen MR) is 58.4 cm³/mol. The van der Waals surface area contributed by atoms with Gasteiger partial charge in [-0.3, -0.25) is 8.98 Å². The molecule has 0 rings (SSSR count). The first kappa shape index (κ1) is 13.2. The Bertz CT molecular complexity index is 209. The number of ether oxygens (including phenoxy) is 1. The van der Waals surface area contributed by atoms with E-state index in [1.54, 1.807) is 6.92 Å². The summed E-state index contributed by atoms with van der Waals surface area (Å²) < 4.78 is 9.70. The van der Waals surface area contributed by atoms with Crippen molar-refractivity contribution in [1.82, 2.24) is 0 Å². The third kappa shape index (κ3) is 3.43. The van der Waals surface area contributed by atoms with E-state index in [-0.39, 0.29) is 12.4 Å². The van der Waals surface area contributed by atoms with Crippen LogP contribution in [0.15, 0.2) is 0 Å². The quantitative estimate of drug-likeness (QED) is 0.335. The van der Waals surface area contributed by atoms with E-state index in [0.29, 0.717) is 0 Å². The van der Waals surface area contributed by atoms with Crippen molar-refractivity contribution in [2.75, 3.05) is 6.61 Å². The van der Waals surface area contributed by atoms with Crippen molar-refractivity contribution in [3.63, 3.8) is 0 Å². The van der Waals surface area contributed by atoms with Gasteiger partial charge in [0.05, 0.1) is 15.8 Å². The van der Waals surface area contributed by atoms with Crippen LogP contribution in [0.5, 0.6) is 0 Å². The van der Waals surface area contributed by atoms with Crippen LogP contribution in [-0.2, 0) is 18.5 Å². The predicted octanol–water partition coefficient (Wildman–Crippen LogP) is 1.91. The first-order chi connectivity index (χ1) is 5.99. The first-order valence-electron chi connectivity index (χ1n) is 3.63. The van der Waals surface area contributed by atoms with Gasteiger partial charge in [0.25, 0.3) is 0 Å². The molecule has 0 saturated carbocycles. The first-order valence-corrected chi connectivity index (χ1v) is 6.92. The number of carbonyl (C=O) groups is 2. The van der Waals surface area contributed by atoms with Crippen LogP contribution in [0.1, 0.15) is 20.8 Å². The van der Waals surface area contributed by atoms with Crippen LogP contribution >= 0.6 is 30.4 Å². The average molecular weight is 318 g/mol. The molecular weight excluding hydrogens is 307 g/mol. The van der Waals surface area contributed by atoms with Crippen LogP contribution in [0.25, 0.3) is 0 Å². The summed E-state index contributed by atoms with van der Waals surface area (Å²) in [7, 11) is 0.939. The molecule has 0 spiro atoms. The van der Waals surface area contributed by atoms with Crippen LogP contribution in [0, 0.1) is 0 Å². The summed E-state index contributed by atoms with van der Waals surface area (Å²) in [5.74, 6) is -1.01. The van der Waals surface area contributed by atoms with Crippen LogP contribution in [0.2, 0.25) is 0 Å². The van der Waals surface area contributed by atoms with Gasteiger partial charge in [0, 0.05) is 21.2 Å². The van der Waals surface area contributed by atoms with Gasteiger partial charge in [-0.2, -0.15) is 0 Å². The lowest BCUT2D eigenvalue weighted by atomic mass is 10.0. The third-order valence-corrected chi connectivity index (χ3v) is 2.47. The fourth-order valence-electron chi connectivity index (χ4n) is 0.568. The molecule has 0 fully saturated rings. The summed E-state index contributed by atoms with van der Waals surface area (Å²) in [5.41, 5.74) is -1.48. The van der Waals surface area contributed by atoms with Crippen molar-refractivity contribution < 1.29 is 18.5 Å². The third-order valence-electron chi connectivity index (χ3n) is 1.53. The fraction of sp³-hybridized carbons (Fsp3) is 0.714. The van der Waals surface area contributed by atoms with E-state index in [1.807, 2.05) is 21.2 Å². The maximum atomic E-state index is 11.3. The highest BCUT2D eigenvalue weighted by molar-refractivity contribution is 14.2. The molecule has 1 atom stereocenters. The monoisotopic (exact) mass is 318 g/mol. The summed E-state index contributed by atoms with van der Waals surface area (Å²) in [4.78, 5) is 22.4. The van der Waals surface area contributed by atoms with Crippen LogP contribution in [0.4, 0.5) is 0 Å². The van der Waals surface area contributed by atoms with Crippen molar-refractivity contribution in [2.24, 2.45) is 0 Å². The Kier molecular flexibility index (Phi) is 5.90. The van der Waals surface area contributed by atoms with E-state index in [1.165, 1.54) is 13.8 Å². The second kappa shape index (κ2) is 5.82. The van der Waals surface area contributed by atoms with E-state index in [0.717, 1.165) is 9.21 Å². The lowest BCUT2D eigenvalue weighted by molar-refractivity contribution is -0.163. The molecule has 0 aromatic heterocycles. The zero-order chi connectivity index (χ0) is 10.5. The van der Waals surface area contributed by atoms with Crippen LogP contribution in [0.3, 0.4) is 0 Å². The van der Waals surface area contributed by atoms with Gasteiger partial charge in [0.15, 0.2) is 5.78 Å². The molecule has 0 radical (unpaired) electrons. The van der Waals surface area contributed by atoms with Crippen molar-refractivity contribution in [3.05, 3.63) is 0 Å². The zero-order valence-corrected chi connectivity index (χ0v) is 10.6. The highest BCUT2D eigenvalue weighted by atomic mass is 127. The molecule has 0 heterocycles. The maximum absolute atomic E-state index is 11.3. The Morgan fingerprint density at radius 3 is 2.38 bits per heavy atom. The molecule has 0 aromatic rings. The number of Topliss-reactive ketones (excluding diaryl/α,β-unsaturated/α-hetero) is 1. The molecule has 13 heavy (non-hydrogen) atoms. The number of halogens is 1.